The molecule has 2 heterocycles. The monoisotopic (exact) mass is 250 g/mol. The number of aromatic nitrogens is 4. The van der Waals surface area contributed by atoms with Crippen LogP contribution in [0.4, 0.5) is 0 Å². The second kappa shape index (κ2) is 3.95. The fourth-order valence-corrected chi connectivity index (χ4v) is 2.17. The van der Waals surface area contributed by atoms with Gasteiger partial charge in [0, 0.05) is 11.6 Å². The van der Waals surface area contributed by atoms with E-state index in [-0.39, 0.29) is 0 Å². The summed E-state index contributed by atoms with van der Waals surface area (Å²) in [4.78, 5) is 8.97. The Labute approximate surface area is 105 Å². The van der Waals surface area contributed by atoms with Gasteiger partial charge in [-0.25, -0.2) is 4.98 Å². The molecule has 0 unspecified atom stereocenters. The van der Waals surface area contributed by atoms with Crippen LogP contribution in [0.1, 0.15) is 44.1 Å². The van der Waals surface area contributed by atoms with E-state index in [1.807, 2.05) is 6.07 Å². The Morgan fingerprint density at radius 1 is 1.41 bits per heavy atom. The predicted molar refractivity (Wildman–Crippen MR) is 66.3 cm³/mol. The zero-order valence-electron chi connectivity index (χ0n) is 10.0. The Morgan fingerprint density at radius 2 is 2.18 bits per heavy atom. The summed E-state index contributed by atoms with van der Waals surface area (Å²) >= 11 is 6.20. The van der Waals surface area contributed by atoms with Crippen molar-refractivity contribution in [3.63, 3.8) is 0 Å². The molecule has 0 bridgehead atoms. The highest BCUT2D eigenvalue weighted by Gasteiger charge is 2.28. The number of fused-ring (bicyclic) bond motifs is 1. The van der Waals surface area contributed by atoms with Gasteiger partial charge in [0.05, 0.1) is 0 Å². The van der Waals surface area contributed by atoms with Crippen molar-refractivity contribution >= 4 is 17.4 Å². The van der Waals surface area contributed by atoms with Crippen LogP contribution in [-0.2, 0) is 6.42 Å². The molecule has 5 heteroatoms. The molecule has 1 saturated carbocycles. The molecule has 1 fully saturated rings. The minimum absolute atomic E-state index is 0.529. The van der Waals surface area contributed by atoms with Crippen LogP contribution in [-0.4, -0.2) is 19.6 Å². The maximum absolute atomic E-state index is 6.20. The lowest BCUT2D eigenvalue weighted by molar-refractivity contribution is 0.634. The number of hydrogen-bond donors (Lipinski definition) is 0. The first kappa shape index (κ1) is 11.0. The second-order valence-corrected chi connectivity index (χ2v) is 5.51. The van der Waals surface area contributed by atoms with Gasteiger partial charge >= 0.3 is 0 Å². The Morgan fingerprint density at radius 3 is 2.82 bits per heavy atom. The van der Waals surface area contributed by atoms with Gasteiger partial charge in [0.1, 0.15) is 5.15 Å². The highest BCUT2D eigenvalue weighted by Crippen LogP contribution is 2.38. The van der Waals surface area contributed by atoms with E-state index >= 15 is 0 Å². The average molecular weight is 251 g/mol. The molecule has 1 aliphatic carbocycles. The number of nitrogens with zero attached hydrogens (tertiary/aromatic N) is 4. The molecule has 17 heavy (non-hydrogen) atoms. The molecule has 2 aromatic heterocycles. The van der Waals surface area contributed by atoms with E-state index in [4.69, 9.17) is 11.6 Å². The Hall–Kier alpha value is -1.16. The molecular formula is C12H15ClN4. The normalized spacial score (nSPS) is 16.0. The fourth-order valence-electron chi connectivity index (χ4n) is 1.93. The van der Waals surface area contributed by atoms with Gasteiger partial charge < -0.3 is 0 Å². The average Bonchev–Trinajstić information content (AvgIpc) is 2.98. The zero-order valence-corrected chi connectivity index (χ0v) is 10.8. The SMILES string of the molecule is CC(C)Cc1cc(Cl)n2nc(C3CC3)nc2n1. The van der Waals surface area contributed by atoms with E-state index < -0.39 is 0 Å². The highest BCUT2D eigenvalue weighted by molar-refractivity contribution is 6.29. The first-order chi connectivity index (χ1) is 8.13. The van der Waals surface area contributed by atoms with Gasteiger partial charge in [0.2, 0.25) is 0 Å². The molecular weight excluding hydrogens is 236 g/mol. The molecule has 3 rings (SSSR count). The van der Waals surface area contributed by atoms with Gasteiger partial charge in [-0.1, -0.05) is 25.4 Å². The highest BCUT2D eigenvalue weighted by atomic mass is 35.5. The second-order valence-electron chi connectivity index (χ2n) is 5.12. The lowest BCUT2D eigenvalue weighted by Gasteiger charge is -2.04. The molecule has 1 aliphatic rings. The number of rotatable bonds is 3. The van der Waals surface area contributed by atoms with Crippen molar-refractivity contribution in [1.82, 2.24) is 19.6 Å². The van der Waals surface area contributed by atoms with Gasteiger partial charge in [-0.05, 0) is 31.2 Å². The summed E-state index contributed by atoms with van der Waals surface area (Å²) in [6.45, 7) is 4.33. The Balaban J connectivity index is 2.04. The van der Waals surface area contributed by atoms with Gasteiger partial charge in [0.15, 0.2) is 5.82 Å². The fraction of sp³-hybridized carbons (Fsp3) is 0.583. The van der Waals surface area contributed by atoms with Crippen LogP contribution < -0.4 is 0 Å². The summed E-state index contributed by atoms with van der Waals surface area (Å²) in [7, 11) is 0. The molecule has 0 aromatic carbocycles. The molecule has 0 atom stereocenters. The topological polar surface area (TPSA) is 43.1 Å². The summed E-state index contributed by atoms with van der Waals surface area (Å²) in [5.41, 5.74) is 0.993. The maximum Gasteiger partial charge on any atom is 0.254 e. The van der Waals surface area contributed by atoms with Gasteiger partial charge in [0.25, 0.3) is 5.78 Å². The van der Waals surface area contributed by atoms with Crippen LogP contribution in [0.15, 0.2) is 6.07 Å². The molecule has 2 aromatic rings. The number of halogens is 1. The van der Waals surface area contributed by atoms with Crippen molar-refractivity contribution in [2.75, 3.05) is 0 Å². The Kier molecular flexibility index (Phi) is 2.54. The van der Waals surface area contributed by atoms with Crippen LogP contribution in [0.5, 0.6) is 0 Å². The first-order valence-electron chi connectivity index (χ1n) is 6.05. The van der Waals surface area contributed by atoms with Crippen molar-refractivity contribution in [1.29, 1.82) is 0 Å². The molecule has 90 valence electrons. The van der Waals surface area contributed by atoms with E-state index in [0.29, 0.717) is 22.8 Å². The summed E-state index contributed by atoms with van der Waals surface area (Å²) in [6, 6.07) is 1.89. The molecule has 0 amide bonds. The maximum atomic E-state index is 6.20. The van der Waals surface area contributed by atoms with Crippen LogP contribution in [0.3, 0.4) is 0 Å². The van der Waals surface area contributed by atoms with E-state index in [0.717, 1.165) is 17.9 Å². The minimum Gasteiger partial charge on any atom is -0.216 e. The molecule has 0 saturated heterocycles. The Bertz CT molecular complexity index is 557. The van der Waals surface area contributed by atoms with E-state index in [1.165, 1.54) is 12.8 Å². The standard InChI is InChI=1S/C12H15ClN4/c1-7(2)5-9-6-10(13)17-12(14-9)15-11(16-17)8-3-4-8/h6-8H,3-5H2,1-2H3. The summed E-state index contributed by atoms with van der Waals surface area (Å²) < 4.78 is 1.64. The smallest absolute Gasteiger partial charge is 0.216 e. The van der Waals surface area contributed by atoms with Crippen LogP contribution in [0.25, 0.3) is 5.78 Å². The molecule has 0 N–H and O–H groups in total. The molecule has 0 radical (unpaired) electrons. The van der Waals surface area contributed by atoms with E-state index in [9.17, 15) is 0 Å². The first-order valence-corrected chi connectivity index (χ1v) is 6.43. The summed E-state index contributed by atoms with van der Waals surface area (Å²) in [5, 5.41) is 5.01. The van der Waals surface area contributed by atoms with Crippen LogP contribution >= 0.6 is 11.6 Å². The van der Waals surface area contributed by atoms with Gasteiger partial charge in [-0.2, -0.15) is 9.50 Å². The van der Waals surface area contributed by atoms with E-state index in [2.05, 4.69) is 28.9 Å². The quantitative estimate of drug-likeness (QED) is 0.787. The van der Waals surface area contributed by atoms with Crippen molar-refractivity contribution in [3.8, 4) is 0 Å². The van der Waals surface area contributed by atoms with E-state index in [1.54, 1.807) is 4.52 Å². The largest absolute Gasteiger partial charge is 0.254 e. The third-order valence-corrected chi connectivity index (χ3v) is 3.17. The van der Waals surface area contributed by atoms with Crippen molar-refractivity contribution in [2.45, 2.75) is 39.0 Å². The number of hydrogen-bond acceptors (Lipinski definition) is 3. The summed E-state index contributed by atoms with van der Waals surface area (Å²) in [5.74, 6) is 2.62. The van der Waals surface area contributed by atoms with Gasteiger partial charge in [-0.15, -0.1) is 5.10 Å². The molecule has 4 nitrogen and oxygen atoms in total. The third kappa shape index (κ3) is 2.14. The van der Waals surface area contributed by atoms with Crippen molar-refractivity contribution in [3.05, 3.63) is 22.7 Å². The minimum atomic E-state index is 0.529. The van der Waals surface area contributed by atoms with Crippen molar-refractivity contribution < 1.29 is 0 Å². The van der Waals surface area contributed by atoms with Crippen molar-refractivity contribution in [2.24, 2.45) is 5.92 Å². The van der Waals surface area contributed by atoms with Crippen LogP contribution in [0, 0.1) is 5.92 Å². The lowest BCUT2D eigenvalue weighted by Crippen LogP contribution is -2.01. The van der Waals surface area contributed by atoms with Gasteiger partial charge in [-0.3, -0.25) is 0 Å². The molecule has 0 spiro atoms. The predicted octanol–water partition coefficient (Wildman–Crippen LogP) is 2.85. The lowest BCUT2D eigenvalue weighted by atomic mass is 10.1. The third-order valence-electron chi connectivity index (χ3n) is 2.90. The van der Waals surface area contributed by atoms with Crippen LogP contribution in [0.2, 0.25) is 5.15 Å². The molecule has 0 aliphatic heterocycles. The summed E-state index contributed by atoms with van der Waals surface area (Å²) in [6.07, 6.45) is 3.29. The zero-order chi connectivity index (χ0) is 12.0.